The van der Waals surface area contributed by atoms with Crippen LogP contribution < -0.4 is 10.1 Å². The topological polar surface area (TPSA) is 34.2 Å². The number of fused-ring (bicyclic) bond motifs is 1. The molecule has 0 atom stereocenters. The number of halogens is 4. The second-order valence-electron chi connectivity index (χ2n) is 5.64. The van der Waals surface area contributed by atoms with Crippen molar-refractivity contribution in [3.05, 3.63) is 58.7 Å². The molecule has 0 saturated carbocycles. The van der Waals surface area contributed by atoms with Crippen LogP contribution in [-0.4, -0.2) is 11.3 Å². The monoisotopic (exact) mass is 366 g/mol. The Morgan fingerprint density at radius 3 is 2.44 bits per heavy atom. The lowest BCUT2D eigenvalue weighted by Gasteiger charge is -2.13. The third-order valence-electron chi connectivity index (χ3n) is 3.80. The van der Waals surface area contributed by atoms with E-state index < -0.39 is 12.1 Å². The molecule has 0 bridgehead atoms. The van der Waals surface area contributed by atoms with E-state index in [2.05, 4.69) is 21.1 Å². The lowest BCUT2D eigenvalue weighted by atomic mass is 10.0. The maximum absolute atomic E-state index is 12.3. The predicted molar refractivity (Wildman–Crippen MR) is 92.6 cm³/mol. The Morgan fingerprint density at radius 1 is 1.04 bits per heavy atom. The molecule has 2 aromatic carbocycles. The number of nitrogens with zero attached hydrogens (tertiary/aromatic N) is 1. The average molecular weight is 367 g/mol. The van der Waals surface area contributed by atoms with Gasteiger partial charge in [-0.2, -0.15) is 0 Å². The largest absolute Gasteiger partial charge is 0.573 e. The number of pyridine rings is 1. The fraction of sp³-hybridized carbons (Fsp3) is 0.167. The number of aryl methyl sites for hydroxylation is 2. The van der Waals surface area contributed by atoms with Crippen LogP contribution in [0.4, 0.5) is 24.7 Å². The van der Waals surface area contributed by atoms with E-state index >= 15 is 0 Å². The number of hydrogen-bond acceptors (Lipinski definition) is 3. The zero-order valence-electron chi connectivity index (χ0n) is 13.4. The molecule has 7 heteroatoms. The lowest BCUT2D eigenvalue weighted by molar-refractivity contribution is -0.274. The third kappa shape index (κ3) is 3.96. The SMILES string of the molecule is Cc1cc2ccnc(Nc3ccc(OC(F)(F)F)c(Cl)c3)c2cc1C. The summed E-state index contributed by atoms with van der Waals surface area (Å²) in [6.07, 6.45) is -3.12. The van der Waals surface area contributed by atoms with Gasteiger partial charge in [-0.25, -0.2) is 4.98 Å². The first-order chi connectivity index (χ1) is 11.7. The molecule has 25 heavy (non-hydrogen) atoms. The summed E-state index contributed by atoms with van der Waals surface area (Å²) in [5, 5.41) is 4.88. The number of nitrogens with one attached hydrogen (secondary N) is 1. The van der Waals surface area contributed by atoms with E-state index in [1.54, 1.807) is 6.20 Å². The lowest BCUT2D eigenvalue weighted by Crippen LogP contribution is -2.17. The van der Waals surface area contributed by atoms with Crippen molar-refractivity contribution in [2.75, 3.05) is 5.32 Å². The highest BCUT2D eigenvalue weighted by atomic mass is 35.5. The standard InChI is InChI=1S/C18H14ClF3N2O/c1-10-7-12-5-6-23-17(14(12)8-11(10)2)24-13-3-4-16(15(19)9-13)25-18(20,21)22/h3-9H,1-2H3,(H,23,24). The molecule has 0 aliphatic rings. The molecular formula is C18H14ClF3N2O. The van der Waals surface area contributed by atoms with Crippen LogP contribution in [0.5, 0.6) is 5.75 Å². The van der Waals surface area contributed by atoms with Crippen molar-refractivity contribution in [1.82, 2.24) is 4.98 Å². The van der Waals surface area contributed by atoms with Gasteiger partial charge < -0.3 is 10.1 Å². The molecule has 0 aliphatic carbocycles. The van der Waals surface area contributed by atoms with Crippen LogP contribution in [0.3, 0.4) is 0 Å². The van der Waals surface area contributed by atoms with E-state index in [9.17, 15) is 13.2 Å². The number of hydrogen-bond donors (Lipinski definition) is 1. The summed E-state index contributed by atoms with van der Waals surface area (Å²) in [5.41, 5.74) is 2.80. The van der Waals surface area contributed by atoms with E-state index in [0.717, 1.165) is 16.3 Å². The highest BCUT2D eigenvalue weighted by Crippen LogP contribution is 2.34. The number of rotatable bonds is 3. The Labute approximate surface area is 147 Å². The summed E-state index contributed by atoms with van der Waals surface area (Å²) in [4.78, 5) is 4.32. The highest BCUT2D eigenvalue weighted by Gasteiger charge is 2.32. The molecule has 0 unspecified atom stereocenters. The van der Waals surface area contributed by atoms with Gasteiger partial charge in [-0.1, -0.05) is 17.7 Å². The van der Waals surface area contributed by atoms with Crippen molar-refractivity contribution in [2.24, 2.45) is 0 Å². The van der Waals surface area contributed by atoms with Crippen LogP contribution >= 0.6 is 11.6 Å². The maximum atomic E-state index is 12.3. The molecule has 1 N–H and O–H groups in total. The van der Waals surface area contributed by atoms with Crippen molar-refractivity contribution in [1.29, 1.82) is 0 Å². The first-order valence-electron chi connectivity index (χ1n) is 7.41. The molecule has 3 aromatic rings. The minimum absolute atomic E-state index is 0.144. The van der Waals surface area contributed by atoms with Crippen LogP contribution in [0.25, 0.3) is 10.8 Å². The van der Waals surface area contributed by atoms with Gasteiger partial charge in [-0.05, 0) is 60.7 Å². The summed E-state index contributed by atoms with van der Waals surface area (Å²) in [5.74, 6) is 0.151. The Balaban J connectivity index is 1.94. The minimum atomic E-state index is -4.79. The van der Waals surface area contributed by atoms with Gasteiger partial charge in [-0.15, -0.1) is 13.2 Å². The zero-order chi connectivity index (χ0) is 18.2. The fourth-order valence-electron chi connectivity index (χ4n) is 2.47. The van der Waals surface area contributed by atoms with Crippen LogP contribution in [-0.2, 0) is 0 Å². The first kappa shape index (κ1) is 17.4. The van der Waals surface area contributed by atoms with Crippen LogP contribution in [0.15, 0.2) is 42.6 Å². The molecule has 0 amide bonds. The van der Waals surface area contributed by atoms with E-state index in [-0.39, 0.29) is 5.02 Å². The summed E-state index contributed by atoms with van der Waals surface area (Å²) in [7, 11) is 0. The van der Waals surface area contributed by atoms with Crippen LogP contribution in [0.2, 0.25) is 5.02 Å². The van der Waals surface area contributed by atoms with Gasteiger partial charge in [-0.3, -0.25) is 0 Å². The number of aromatic nitrogens is 1. The predicted octanol–water partition coefficient (Wildman–Crippen LogP) is 6.15. The number of alkyl halides is 3. The molecule has 130 valence electrons. The molecule has 0 radical (unpaired) electrons. The normalized spacial score (nSPS) is 11.6. The molecule has 0 saturated heterocycles. The molecule has 3 nitrogen and oxygen atoms in total. The second kappa shape index (κ2) is 6.44. The highest BCUT2D eigenvalue weighted by molar-refractivity contribution is 6.32. The van der Waals surface area contributed by atoms with Crippen molar-refractivity contribution < 1.29 is 17.9 Å². The Bertz CT molecular complexity index is 941. The summed E-state index contributed by atoms with van der Waals surface area (Å²) < 4.78 is 40.8. The maximum Gasteiger partial charge on any atom is 0.573 e. The van der Waals surface area contributed by atoms with Crippen LogP contribution in [0.1, 0.15) is 11.1 Å². The molecule has 0 fully saturated rings. The Morgan fingerprint density at radius 2 is 1.76 bits per heavy atom. The first-order valence-corrected chi connectivity index (χ1v) is 7.79. The Hall–Kier alpha value is -2.47. The second-order valence-corrected chi connectivity index (χ2v) is 6.04. The van der Waals surface area contributed by atoms with Gasteiger partial charge in [0.05, 0.1) is 5.02 Å². The van der Waals surface area contributed by atoms with Crippen molar-refractivity contribution >= 4 is 33.9 Å². The van der Waals surface area contributed by atoms with Gasteiger partial charge in [0.1, 0.15) is 11.6 Å². The number of benzene rings is 2. The van der Waals surface area contributed by atoms with E-state index in [1.807, 2.05) is 26.0 Å². The third-order valence-corrected chi connectivity index (χ3v) is 4.09. The summed E-state index contributed by atoms with van der Waals surface area (Å²) >= 11 is 5.88. The number of ether oxygens (including phenoxy) is 1. The van der Waals surface area contributed by atoms with Gasteiger partial charge in [0.25, 0.3) is 0 Å². The zero-order valence-corrected chi connectivity index (χ0v) is 14.2. The smallest absolute Gasteiger partial charge is 0.404 e. The van der Waals surface area contributed by atoms with Gasteiger partial charge in [0.2, 0.25) is 0 Å². The summed E-state index contributed by atoms with van der Waals surface area (Å²) in [6.45, 7) is 4.03. The molecule has 1 heterocycles. The minimum Gasteiger partial charge on any atom is -0.404 e. The van der Waals surface area contributed by atoms with Gasteiger partial charge in [0, 0.05) is 17.3 Å². The van der Waals surface area contributed by atoms with E-state index in [1.165, 1.54) is 23.8 Å². The molecule has 0 spiro atoms. The van der Waals surface area contributed by atoms with E-state index in [4.69, 9.17) is 11.6 Å². The van der Waals surface area contributed by atoms with E-state index in [0.29, 0.717) is 11.5 Å². The van der Waals surface area contributed by atoms with Crippen molar-refractivity contribution in [2.45, 2.75) is 20.2 Å². The molecule has 1 aromatic heterocycles. The molecular weight excluding hydrogens is 353 g/mol. The van der Waals surface area contributed by atoms with Crippen LogP contribution in [0, 0.1) is 13.8 Å². The number of anilines is 2. The quantitative estimate of drug-likeness (QED) is 0.604. The van der Waals surface area contributed by atoms with Crippen molar-refractivity contribution in [3.63, 3.8) is 0 Å². The Kier molecular flexibility index (Phi) is 4.47. The molecule has 3 rings (SSSR count). The van der Waals surface area contributed by atoms with Gasteiger partial charge >= 0.3 is 6.36 Å². The summed E-state index contributed by atoms with van der Waals surface area (Å²) in [6, 6.07) is 9.96. The average Bonchev–Trinajstić information content (AvgIpc) is 2.51. The fourth-order valence-corrected chi connectivity index (χ4v) is 2.68. The van der Waals surface area contributed by atoms with Gasteiger partial charge in [0.15, 0.2) is 0 Å². The van der Waals surface area contributed by atoms with Crippen molar-refractivity contribution in [3.8, 4) is 5.75 Å². The molecule has 0 aliphatic heterocycles.